The van der Waals surface area contributed by atoms with E-state index in [1.54, 1.807) is 12.1 Å². The molecular formula is C27H30N4O3. The SMILES string of the molecule is CCC(C)c1ccc(OCC(=O)N/N=C/c2cc(N=Nc3ccc(C)c(C)c3)ccc2O)cc1. The van der Waals surface area contributed by atoms with E-state index in [0.717, 1.165) is 17.7 Å². The molecule has 176 valence electrons. The molecule has 0 aliphatic heterocycles. The van der Waals surface area contributed by atoms with Crippen molar-refractivity contribution in [2.75, 3.05) is 6.61 Å². The highest BCUT2D eigenvalue weighted by Crippen LogP contribution is 2.25. The van der Waals surface area contributed by atoms with Gasteiger partial charge in [0.25, 0.3) is 5.91 Å². The maximum absolute atomic E-state index is 12.0. The number of benzene rings is 3. The fraction of sp³-hybridized carbons (Fsp3) is 0.259. The lowest BCUT2D eigenvalue weighted by Crippen LogP contribution is -2.24. The Balaban J connectivity index is 1.54. The van der Waals surface area contributed by atoms with Crippen LogP contribution in [0.4, 0.5) is 11.4 Å². The van der Waals surface area contributed by atoms with Gasteiger partial charge in [-0.25, -0.2) is 5.43 Å². The Hall–Kier alpha value is -4.00. The average molecular weight is 459 g/mol. The van der Waals surface area contributed by atoms with Crippen LogP contribution >= 0.6 is 0 Å². The van der Waals surface area contributed by atoms with E-state index in [1.165, 1.54) is 23.4 Å². The van der Waals surface area contributed by atoms with E-state index < -0.39 is 5.91 Å². The van der Waals surface area contributed by atoms with Crippen molar-refractivity contribution in [3.8, 4) is 11.5 Å². The number of hydrogen-bond acceptors (Lipinski definition) is 6. The van der Waals surface area contributed by atoms with Crippen LogP contribution in [0.5, 0.6) is 11.5 Å². The second-order valence-electron chi connectivity index (χ2n) is 8.17. The molecule has 0 aromatic heterocycles. The highest BCUT2D eigenvalue weighted by atomic mass is 16.5. The van der Waals surface area contributed by atoms with Crippen LogP contribution in [0.2, 0.25) is 0 Å². The molecule has 0 heterocycles. The van der Waals surface area contributed by atoms with Crippen LogP contribution < -0.4 is 10.2 Å². The van der Waals surface area contributed by atoms with Gasteiger partial charge >= 0.3 is 0 Å². The van der Waals surface area contributed by atoms with Crippen LogP contribution in [-0.2, 0) is 4.79 Å². The van der Waals surface area contributed by atoms with Gasteiger partial charge in [0, 0.05) is 5.56 Å². The molecule has 0 fully saturated rings. The first-order chi connectivity index (χ1) is 16.4. The largest absolute Gasteiger partial charge is 0.507 e. The Labute approximate surface area is 200 Å². The fourth-order valence-corrected chi connectivity index (χ4v) is 3.09. The van der Waals surface area contributed by atoms with E-state index in [9.17, 15) is 9.90 Å². The number of carbonyl (C=O) groups is 1. The third-order valence-electron chi connectivity index (χ3n) is 5.61. The highest BCUT2D eigenvalue weighted by Gasteiger charge is 2.06. The molecule has 3 aromatic carbocycles. The minimum atomic E-state index is -0.410. The molecule has 2 N–H and O–H groups in total. The van der Waals surface area contributed by atoms with Crippen molar-refractivity contribution in [3.05, 3.63) is 82.9 Å². The molecule has 7 nitrogen and oxygen atoms in total. The lowest BCUT2D eigenvalue weighted by Gasteiger charge is -2.10. The minimum absolute atomic E-state index is 0.0146. The summed E-state index contributed by atoms with van der Waals surface area (Å²) in [6.45, 7) is 8.20. The first kappa shape index (κ1) is 24.6. The van der Waals surface area contributed by atoms with Gasteiger partial charge in [0.2, 0.25) is 0 Å². The number of phenols is 1. The van der Waals surface area contributed by atoms with Crippen molar-refractivity contribution in [1.82, 2.24) is 5.43 Å². The molecule has 0 saturated heterocycles. The molecule has 1 amide bonds. The van der Waals surface area contributed by atoms with Crippen LogP contribution in [0.25, 0.3) is 0 Å². The van der Waals surface area contributed by atoms with Crippen molar-refractivity contribution >= 4 is 23.5 Å². The first-order valence-corrected chi connectivity index (χ1v) is 11.2. The number of hydrogen-bond donors (Lipinski definition) is 2. The third kappa shape index (κ3) is 7.00. The average Bonchev–Trinajstić information content (AvgIpc) is 2.85. The zero-order valence-corrected chi connectivity index (χ0v) is 19.9. The van der Waals surface area contributed by atoms with Crippen molar-refractivity contribution < 1.29 is 14.6 Å². The summed E-state index contributed by atoms with van der Waals surface area (Å²) in [5.74, 6) is 0.702. The number of carbonyl (C=O) groups excluding carboxylic acids is 1. The maximum Gasteiger partial charge on any atom is 0.277 e. The second-order valence-corrected chi connectivity index (χ2v) is 8.17. The van der Waals surface area contributed by atoms with Gasteiger partial charge in [0.15, 0.2) is 6.61 Å². The molecule has 0 aliphatic rings. The van der Waals surface area contributed by atoms with Crippen molar-refractivity contribution in [1.29, 1.82) is 0 Å². The molecule has 0 bridgehead atoms. The third-order valence-corrected chi connectivity index (χ3v) is 5.61. The van der Waals surface area contributed by atoms with Gasteiger partial charge in [0.1, 0.15) is 11.5 Å². The van der Waals surface area contributed by atoms with Crippen LogP contribution in [0, 0.1) is 13.8 Å². The Bertz CT molecular complexity index is 1190. The van der Waals surface area contributed by atoms with Crippen LogP contribution in [0.3, 0.4) is 0 Å². The molecule has 3 rings (SSSR count). The second kappa shape index (κ2) is 11.7. The fourth-order valence-electron chi connectivity index (χ4n) is 3.09. The van der Waals surface area contributed by atoms with E-state index in [1.807, 2.05) is 56.3 Å². The lowest BCUT2D eigenvalue weighted by atomic mass is 9.99. The molecule has 34 heavy (non-hydrogen) atoms. The molecule has 0 spiro atoms. The molecule has 0 aliphatic carbocycles. The van der Waals surface area contributed by atoms with Crippen molar-refractivity contribution in [2.24, 2.45) is 15.3 Å². The van der Waals surface area contributed by atoms with Crippen LogP contribution in [-0.4, -0.2) is 23.8 Å². The number of phenolic OH excluding ortho intramolecular Hbond substituents is 1. The number of rotatable bonds is 9. The summed E-state index contributed by atoms with van der Waals surface area (Å²) in [6.07, 6.45) is 2.41. The summed E-state index contributed by atoms with van der Waals surface area (Å²) in [4.78, 5) is 12.0. The number of ether oxygens (including phenoxy) is 1. The van der Waals surface area contributed by atoms with E-state index in [0.29, 0.717) is 22.9 Å². The number of aromatic hydroxyl groups is 1. The quantitative estimate of drug-likeness (QED) is 0.219. The van der Waals surface area contributed by atoms with E-state index in [-0.39, 0.29) is 12.4 Å². The minimum Gasteiger partial charge on any atom is -0.507 e. The summed E-state index contributed by atoms with van der Waals surface area (Å²) in [6, 6.07) is 18.4. The summed E-state index contributed by atoms with van der Waals surface area (Å²) in [5.41, 5.74) is 7.65. The standard InChI is InChI=1S/C27H30N4O3/c1-5-18(2)21-7-11-25(12-8-21)34-17-27(33)31-28-16-22-15-24(10-13-26(22)32)30-29-23-9-6-19(3)20(4)14-23/h6-16,18,32H,5,17H2,1-4H3,(H,31,33)/b28-16+,30-29?. The Morgan fingerprint density at radius 2 is 1.68 bits per heavy atom. The summed E-state index contributed by atoms with van der Waals surface area (Å²) < 4.78 is 5.51. The smallest absolute Gasteiger partial charge is 0.277 e. The zero-order valence-electron chi connectivity index (χ0n) is 19.9. The maximum atomic E-state index is 12.0. The van der Waals surface area contributed by atoms with E-state index in [4.69, 9.17) is 4.74 Å². The highest BCUT2D eigenvalue weighted by molar-refractivity contribution is 5.86. The Kier molecular flexibility index (Phi) is 8.51. The van der Waals surface area contributed by atoms with Crippen LogP contribution in [0.1, 0.15) is 48.4 Å². The Morgan fingerprint density at radius 1 is 1.00 bits per heavy atom. The number of nitrogens with one attached hydrogen (secondary N) is 1. The summed E-state index contributed by atoms with van der Waals surface area (Å²) >= 11 is 0. The van der Waals surface area contributed by atoms with Gasteiger partial charge in [-0.05, 0) is 85.3 Å². The van der Waals surface area contributed by atoms with Gasteiger partial charge in [0.05, 0.1) is 17.6 Å². The first-order valence-electron chi connectivity index (χ1n) is 11.2. The monoisotopic (exact) mass is 458 g/mol. The van der Waals surface area contributed by atoms with E-state index >= 15 is 0 Å². The van der Waals surface area contributed by atoms with Gasteiger partial charge < -0.3 is 9.84 Å². The van der Waals surface area contributed by atoms with Gasteiger partial charge in [-0.1, -0.05) is 32.0 Å². The summed E-state index contributed by atoms with van der Waals surface area (Å²) in [7, 11) is 0. The number of hydrazone groups is 1. The zero-order chi connectivity index (χ0) is 24.5. The lowest BCUT2D eigenvalue weighted by molar-refractivity contribution is -0.123. The van der Waals surface area contributed by atoms with Crippen molar-refractivity contribution in [3.63, 3.8) is 0 Å². The molecule has 1 unspecified atom stereocenters. The van der Waals surface area contributed by atoms with Gasteiger partial charge in [-0.2, -0.15) is 15.3 Å². The van der Waals surface area contributed by atoms with Gasteiger partial charge in [-0.15, -0.1) is 0 Å². The molecule has 0 saturated carbocycles. The molecule has 0 radical (unpaired) electrons. The number of azo groups is 1. The molecule has 7 heteroatoms. The number of aryl methyl sites for hydroxylation is 2. The topological polar surface area (TPSA) is 95.6 Å². The van der Waals surface area contributed by atoms with E-state index in [2.05, 4.69) is 34.6 Å². The molecule has 1 atom stereocenters. The molecular weight excluding hydrogens is 428 g/mol. The normalized spacial score (nSPS) is 12.2. The van der Waals surface area contributed by atoms with Crippen molar-refractivity contribution in [2.45, 2.75) is 40.0 Å². The molecule has 3 aromatic rings. The number of amides is 1. The van der Waals surface area contributed by atoms with Gasteiger partial charge in [-0.3, -0.25) is 4.79 Å². The van der Waals surface area contributed by atoms with Crippen LogP contribution in [0.15, 0.2) is 76.0 Å². The Morgan fingerprint density at radius 3 is 2.35 bits per heavy atom. The summed E-state index contributed by atoms with van der Waals surface area (Å²) in [5, 5.41) is 22.5. The predicted molar refractivity (Wildman–Crippen MR) is 135 cm³/mol. The predicted octanol–water partition coefficient (Wildman–Crippen LogP) is 6.47. The number of nitrogens with zero attached hydrogens (tertiary/aromatic N) is 3.